The normalized spacial score (nSPS) is 21.0. The second-order valence-electron chi connectivity index (χ2n) is 19.6. The largest absolute Gasteiger partial charge is 0.346 e. The van der Waals surface area contributed by atoms with Crippen molar-refractivity contribution in [3.05, 3.63) is 88.0 Å². The minimum absolute atomic E-state index is 0.0146. The number of hydrogen-bond donors (Lipinski definition) is 1. The highest BCUT2D eigenvalue weighted by molar-refractivity contribution is 6.24. The molecule has 16 heteroatoms. The maximum Gasteiger partial charge on any atom is 0.264 e. The van der Waals surface area contributed by atoms with Crippen molar-refractivity contribution in [3.8, 4) is 11.1 Å². The first-order valence-corrected chi connectivity index (χ1v) is 24.4. The van der Waals surface area contributed by atoms with Gasteiger partial charge in [-0.2, -0.15) is 5.10 Å². The van der Waals surface area contributed by atoms with E-state index in [9.17, 15) is 32.8 Å². The molecular formula is C51H61F2N9O5. The van der Waals surface area contributed by atoms with E-state index >= 15 is 0 Å². The number of nitrogens with zero attached hydrogens (tertiary/aromatic N) is 8. The summed E-state index contributed by atoms with van der Waals surface area (Å²) in [6.45, 7) is 9.68. The van der Waals surface area contributed by atoms with Crippen molar-refractivity contribution in [3.63, 3.8) is 0 Å². The number of alkyl halides is 2. The Bertz CT molecular complexity index is 2590. The van der Waals surface area contributed by atoms with Gasteiger partial charge in [0.25, 0.3) is 18.2 Å². The molecule has 0 radical (unpaired) electrons. The highest BCUT2D eigenvalue weighted by Gasteiger charge is 2.45. The lowest BCUT2D eigenvalue weighted by molar-refractivity contribution is -0.136. The van der Waals surface area contributed by atoms with Crippen LogP contribution in [0.1, 0.15) is 126 Å². The molecule has 0 bridgehead atoms. The Morgan fingerprint density at radius 2 is 1.63 bits per heavy atom. The number of imide groups is 2. The Morgan fingerprint density at radius 1 is 0.851 bits per heavy atom. The highest BCUT2D eigenvalue weighted by Crippen LogP contribution is 2.45. The summed E-state index contributed by atoms with van der Waals surface area (Å²) in [4.78, 5) is 74.1. The zero-order valence-electron chi connectivity index (χ0n) is 38.7. The molecular weight excluding hydrogens is 857 g/mol. The second-order valence-corrected chi connectivity index (χ2v) is 19.6. The van der Waals surface area contributed by atoms with Gasteiger partial charge in [-0.1, -0.05) is 12.1 Å². The van der Waals surface area contributed by atoms with Crippen LogP contribution in [0.3, 0.4) is 0 Å². The van der Waals surface area contributed by atoms with Gasteiger partial charge in [-0.15, -0.1) is 0 Å². The summed E-state index contributed by atoms with van der Waals surface area (Å²) in [6.07, 6.45) is 12.9. The van der Waals surface area contributed by atoms with Crippen LogP contribution in [0.4, 0.5) is 20.2 Å². The predicted octanol–water partition coefficient (Wildman–Crippen LogP) is 6.59. The molecule has 2 aromatic carbocycles. The molecule has 4 aromatic rings. The van der Waals surface area contributed by atoms with Crippen molar-refractivity contribution >= 4 is 40.9 Å². The number of rotatable bonds is 12. The molecule has 67 heavy (non-hydrogen) atoms. The number of halogens is 2. The van der Waals surface area contributed by atoms with Crippen LogP contribution in [-0.2, 0) is 47.2 Å². The number of piperidine rings is 3. The molecule has 1 N–H and O–H groups in total. The zero-order chi connectivity index (χ0) is 46.5. The van der Waals surface area contributed by atoms with Gasteiger partial charge in [0, 0.05) is 106 Å². The van der Waals surface area contributed by atoms with Gasteiger partial charge in [-0.3, -0.25) is 38.9 Å². The molecule has 3 saturated heterocycles. The van der Waals surface area contributed by atoms with E-state index in [1.807, 2.05) is 17.0 Å². The lowest BCUT2D eigenvalue weighted by Gasteiger charge is -2.36. The molecule has 1 unspecified atom stereocenters. The SMILES string of the molecule is CC(=O)N1CCc2c(c(N3CCCc4cc(-c5cnn(C)c5)c(C(F)F)cc43)cn2C2CCN(CCC3CCN(CCCc4cccc5c4C(=O)N(C4CCC(=O)NC4=O)C5=O)CC3)CC2)C1. The van der Waals surface area contributed by atoms with Gasteiger partial charge in [0.15, 0.2) is 0 Å². The number of benzene rings is 2. The lowest BCUT2D eigenvalue weighted by atomic mass is 9.92. The minimum Gasteiger partial charge on any atom is -0.346 e. The molecule has 0 aliphatic carbocycles. The van der Waals surface area contributed by atoms with Crippen LogP contribution in [-0.4, -0.2) is 122 Å². The number of amides is 5. The number of likely N-dealkylation sites (tertiary alicyclic amines) is 2. The van der Waals surface area contributed by atoms with Gasteiger partial charge in [0.2, 0.25) is 17.7 Å². The third-order valence-corrected chi connectivity index (χ3v) is 15.5. The molecule has 14 nitrogen and oxygen atoms in total. The first-order chi connectivity index (χ1) is 32.4. The first kappa shape index (κ1) is 45.1. The van der Waals surface area contributed by atoms with Gasteiger partial charge in [-0.05, 0) is 131 Å². The summed E-state index contributed by atoms with van der Waals surface area (Å²) in [6, 6.07) is 8.38. The Hall–Kier alpha value is -5.74. The van der Waals surface area contributed by atoms with Crippen molar-refractivity contribution in [2.45, 2.75) is 109 Å². The molecule has 6 aliphatic rings. The Kier molecular flexibility index (Phi) is 12.6. The number of nitrogens with one attached hydrogen (secondary N) is 1. The summed E-state index contributed by atoms with van der Waals surface area (Å²) >= 11 is 0. The van der Waals surface area contributed by atoms with E-state index in [2.05, 4.69) is 35.9 Å². The number of carbonyl (C=O) groups excluding carboxylic acids is 5. The molecule has 1 atom stereocenters. The fourth-order valence-corrected chi connectivity index (χ4v) is 11.8. The van der Waals surface area contributed by atoms with Crippen molar-refractivity contribution < 1.29 is 32.8 Å². The smallest absolute Gasteiger partial charge is 0.264 e. The van der Waals surface area contributed by atoms with Crippen LogP contribution in [0.5, 0.6) is 0 Å². The van der Waals surface area contributed by atoms with Crippen molar-refractivity contribution in [2.24, 2.45) is 13.0 Å². The van der Waals surface area contributed by atoms with Gasteiger partial charge >= 0.3 is 0 Å². The summed E-state index contributed by atoms with van der Waals surface area (Å²) in [5, 5.41) is 6.52. The third-order valence-electron chi connectivity index (χ3n) is 15.5. The quantitative estimate of drug-likeness (QED) is 0.156. The Labute approximate surface area is 390 Å². The third kappa shape index (κ3) is 8.82. The number of fused-ring (bicyclic) bond motifs is 3. The first-order valence-electron chi connectivity index (χ1n) is 24.4. The summed E-state index contributed by atoms with van der Waals surface area (Å²) in [7, 11) is 1.80. The lowest BCUT2D eigenvalue weighted by Crippen LogP contribution is -2.54. The molecule has 0 spiro atoms. The molecule has 8 heterocycles. The predicted molar refractivity (Wildman–Crippen MR) is 248 cm³/mol. The fraction of sp³-hybridized carbons (Fsp3) is 0.529. The van der Waals surface area contributed by atoms with E-state index < -0.39 is 30.2 Å². The summed E-state index contributed by atoms with van der Waals surface area (Å²) in [5.41, 5.74) is 8.15. The molecule has 6 aliphatic heterocycles. The Morgan fingerprint density at radius 3 is 2.36 bits per heavy atom. The summed E-state index contributed by atoms with van der Waals surface area (Å²) < 4.78 is 33.6. The Balaban J connectivity index is 0.733. The zero-order valence-corrected chi connectivity index (χ0v) is 38.7. The van der Waals surface area contributed by atoms with E-state index in [1.54, 1.807) is 49.2 Å². The van der Waals surface area contributed by atoms with E-state index in [1.165, 1.54) is 12.1 Å². The number of aromatic nitrogens is 3. The van der Waals surface area contributed by atoms with Gasteiger partial charge < -0.3 is 24.2 Å². The minimum atomic E-state index is -2.64. The van der Waals surface area contributed by atoms with Gasteiger partial charge in [-0.25, -0.2) is 8.78 Å². The van der Waals surface area contributed by atoms with Crippen LogP contribution in [0.25, 0.3) is 11.1 Å². The van der Waals surface area contributed by atoms with Crippen LogP contribution < -0.4 is 10.2 Å². The summed E-state index contributed by atoms with van der Waals surface area (Å²) in [5.74, 6) is -1.17. The van der Waals surface area contributed by atoms with Crippen molar-refractivity contribution in [1.82, 2.24) is 39.3 Å². The number of hydrogen-bond acceptors (Lipinski definition) is 9. The highest BCUT2D eigenvalue weighted by atomic mass is 19.3. The van der Waals surface area contributed by atoms with Gasteiger partial charge in [0.05, 0.1) is 23.0 Å². The van der Waals surface area contributed by atoms with Crippen LogP contribution >= 0.6 is 0 Å². The standard InChI is InChI=1S/C51H61F2N9O5/c1-32(63)59-25-17-42-41(30-59)45(60-19-5-8-35-26-39(36-28-54-56(2)29-36)40(48(52)53)27-44(35)60)31-61(42)37-15-23-58(24-16-37)22-14-33-12-20-57(21-13-33)18-4-7-34-6-3-9-38-47(34)51(67)62(50(38)66)43-10-11-46(64)55-49(43)65/h3,6,9,26-29,31,33,37,43,48H,4-5,7-8,10-25,30H2,1-2H3,(H,55,64,65). The molecule has 10 rings (SSSR count). The molecule has 0 saturated carbocycles. The van der Waals surface area contributed by atoms with Gasteiger partial charge in [0.1, 0.15) is 6.04 Å². The van der Waals surface area contributed by atoms with E-state index in [4.69, 9.17) is 0 Å². The molecule has 354 valence electrons. The topological polar surface area (TPSA) is 136 Å². The monoisotopic (exact) mass is 917 g/mol. The van der Waals surface area contributed by atoms with Crippen molar-refractivity contribution in [2.75, 3.05) is 57.3 Å². The second kappa shape index (κ2) is 18.7. The van der Waals surface area contributed by atoms with Crippen LogP contribution in [0, 0.1) is 5.92 Å². The molecule has 5 amide bonds. The van der Waals surface area contributed by atoms with Crippen molar-refractivity contribution in [1.29, 1.82) is 0 Å². The van der Waals surface area contributed by atoms with Crippen LogP contribution in [0.2, 0.25) is 0 Å². The molecule has 3 fully saturated rings. The average Bonchev–Trinajstić information content (AvgIpc) is 4.01. The number of aryl methyl sites for hydroxylation is 3. The fourth-order valence-electron chi connectivity index (χ4n) is 11.8. The molecule has 2 aromatic heterocycles. The number of carbonyl (C=O) groups is 5. The van der Waals surface area contributed by atoms with Crippen LogP contribution in [0.15, 0.2) is 48.9 Å². The average molecular weight is 918 g/mol. The number of anilines is 2. The van der Waals surface area contributed by atoms with E-state index in [-0.39, 0.29) is 30.2 Å². The maximum atomic E-state index is 14.8. The van der Waals surface area contributed by atoms with E-state index in [0.29, 0.717) is 53.7 Å². The maximum absolute atomic E-state index is 14.8. The van der Waals surface area contributed by atoms with E-state index in [0.717, 1.165) is 130 Å².